The highest BCUT2D eigenvalue weighted by Gasteiger charge is 2.39. The second-order valence-corrected chi connectivity index (χ2v) is 10.9. The average molecular weight is 572 g/mol. The van der Waals surface area contributed by atoms with E-state index in [4.69, 9.17) is 11.6 Å². The van der Waals surface area contributed by atoms with E-state index in [1.165, 1.54) is 21.7 Å². The lowest BCUT2D eigenvalue weighted by Gasteiger charge is -2.43. The van der Waals surface area contributed by atoms with Crippen molar-refractivity contribution in [2.45, 2.75) is 49.5 Å². The Bertz CT molecular complexity index is 1490. The molecule has 3 atom stereocenters. The molecule has 2 aliphatic rings. The zero-order valence-electron chi connectivity index (χ0n) is 20.2. The summed E-state index contributed by atoms with van der Waals surface area (Å²) in [5.74, 6) is -0.950. The van der Waals surface area contributed by atoms with Crippen LogP contribution in [0.2, 0.25) is 5.02 Å². The van der Waals surface area contributed by atoms with Gasteiger partial charge in [0.25, 0.3) is 0 Å². The predicted molar refractivity (Wildman–Crippen MR) is 135 cm³/mol. The fourth-order valence-corrected chi connectivity index (χ4v) is 7.01. The van der Waals surface area contributed by atoms with E-state index in [2.05, 4.69) is 9.97 Å². The minimum absolute atomic E-state index is 0.0230. The van der Waals surface area contributed by atoms with Crippen LogP contribution in [0.5, 0.6) is 0 Å². The molecule has 1 fully saturated rings. The van der Waals surface area contributed by atoms with E-state index in [1.54, 1.807) is 18.7 Å². The first-order valence-electron chi connectivity index (χ1n) is 11.7. The monoisotopic (exact) mass is 571 g/mol. The molecule has 1 aromatic carbocycles. The van der Waals surface area contributed by atoms with Gasteiger partial charge in [-0.25, -0.2) is 14.0 Å². The van der Waals surface area contributed by atoms with E-state index in [0.717, 1.165) is 24.0 Å². The smallest absolute Gasteiger partial charge is 0.417 e. The van der Waals surface area contributed by atoms with Gasteiger partial charge in [0.05, 0.1) is 39.3 Å². The minimum atomic E-state index is -4.79. The summed E-state index contributed by atoms with van der Waals surface area (Å²) in [5.41, 5.74) is -1.31. The Kier molecular flexibility index (Phi) is 6.70. The van der Waals surface area contributed by atoms with Crippen LogP contribution in [0.4, 0.5) is 28.2 Å². The van der Waals surface area contributed by atoms with Gasteiger partial charge in [-0.15, -0.1) is 11.8 Å². The second-order valence-electron chi connectivity index (χ2n) is 9.49. The molecule has 202 valence electrons. The standard InChI is InChI=1S/C24H22ClF4N5O3S/c1-11-7-32(8-12(2)34(11)23(36)37)21-15-5-16(24(27,28)29)18(25)20-19(15)33(22(35)31-21)9-13(10-38-20)14-3-4-30-6-17(14)26/h3-6,11-13H,7-10H2,1-2H3,(H,36,37)/t11-,12+,13-/m1/s1. The second kappa shape index (κ2) is 9.60. The molecule has 0 radical (unpaired) electrons. The van der Waals surface area contributed by atoms with E-state index < -0.39 is 52.4 Å². The molecule has 14 heteroatoms. The zero-order valence-corrected chi connectivity index (χ0v) is 21.7. The van der Waals surface area contributed by atoms with Gasteiger partial charge in [0, 0.05) is 42.9 Å². The largest absolute Gasteiger partial charge is 0.465 e. The molecule has 2 aliphatic heterocycles. The molecule has 3 aromatic rings. The number of halogens is 5. The maximum atomic E-state index is 14.6. The number of pyridine rings is 1. The van der Waals surface area contributed by atoms with Crippen LogP contribution in [0.15, 0.2) is 34.2 Å². The third-order valence-corrected chi connectivity index (χ3v) is 8.72. The Hall–Kier alpha value is -3.06. The first-order valence-corrected chi connectivity index (χ1v) is 13.1. The molecule has 1 saturated heterocycles. The van der Waals surface area contributed by atoms with Crippen molar-refractivity contribution in [2.75, 3.05) is 23.7 Å². The number of benzene rings is 1. The third kappa shape index (κ3) is 4.45. The highest BCUT2D eigenvalue weighted by atomic mass is 35.5. The van der Waals surface area contributed by atoms with E-state index in [0.29, 0.717) is 0 Å². The van der Waals surface area contributed by atoms with Crippen molar-refractivity contribution in [1.82, 2.24) is 19.4 Å². The Balaban J connectivity index is 1.73. The number of piperazine rings is 1. The average Bonchev–Trinajstić information content (AvgIpc) is 3.03. The van der Waals surface area contributed by atoms with Crippen molar-refractivity contribution >= 4 is 46.2 Å². The summed E-state index contributed by atoms with van der Waals surface area (Å²) in [6.07, 6.45) is -3.44. The quantitative estimate of drug-likeness (QED) is 0.430. The normalized spacial score (nSPS) is 22.0. The number of carbonyl (C=O) groups is 1. The van der Waals surface area contributed by atoms with Gasteiger partial charge >= 0.3 is 18.0 Å². The number of rotatable bonds is 2. The number of hydrogen-bond acceptors (Lipinski definition) is 6. The van der Waals surface area contributed by atoms with Gasteiger partial charge in [0.2, 0.25) is 0 Å². The zero-order chi connectivity index (χ0) is 27.5. The van der Waals surface area contributed by atoms with Gasteiger partial charge in [-0.3, -0.25) is 14.5 Å². The Morgan fingerprint density at radius 2 is 1.89 bits per heavy atom. The molecule has 0 saturated carbocycles. The molecule has 38 heavy (non-hydrogen) atoms. The molecule has 0 unspecified atom stereocenters. The summed E-state index contributed by atoms with van der Waals surface area (Å²) in [4.78, 5) is 36.0. The summed E-state index contributed by atoms with van der Waals surface area (Å²) >= 11 is 7.35. The summed E-state index contributed by atoms with van der Waals surface area (Å²) in [5, 5.41) is 9.09. The molecule has 8 nitrogen and oxygen atoms in total. The molecule has 0 spiro atoms. The van der Waals surface area contributed by atoms with Crippen LogP contribution in [0.25, 0.3) is 10.9 Å². The van der Waals surface area contributed by atoms with Crippen molar-refractivity contribution in [1.29, 1.82) is 0 Å². The Labute approximate surface area is 223 Å². The fourth-order valence-electron chi connectivity index (χ4n) is 5.35. The van der Waals surface area contributed by atoms with Gasteiger partial charge < -0.3 is 10.0 Å². The maximum absolute atomic E-state index is 14.6. The number of aromatic nitrogens is 3. The van der Waals surface area contributed by atoms with E-state index in [1.807, 2.05) is 0 Å². The van der Waals surface area contributed by atoms with Crippen molar-refractivity contribution in [3.63, 3.8) is 0 Å². The van der Waals surface area contributed by atoms with Crippen molar-refractivity contribution in [3.8, 4) is 0 Å². The molecule has 0 bridgehead atoms. The number of amides is 1. The van der Waals surface area contributed by atoms with Gasteiger partial charge in [-0.1, -0.05) is 11.6 Å². The molecular formula is C24H22ClF4N5O3S. The van der Waals surface area contributed by atoms with Gasteiger partial charge in [0.15, 0.2) is 0 Å². The summed E-state index contributed by atoms with van der Waals surface area (Å²) in [7, 11) is 0. The number of alkyl halides is 3. The first kappa shape index (κ1) is 26.5. The van der Waals surface area contributed by atoms with Crippen LogP contribution >= 0.6 is 23.4 Å². The van der Waals surface area contributed by atoms with Crippen LogP contribution in [0, 0.1) is 5.82 Å². The summed E-state index contributed by atoms with van der Waals surface area (Å²) in [6.45, 7) is 3.59. The molecule has 0 aliphatic carbocycles. The number of thioether (sulfide) groups is 1. The van der Waals surface area contributed by atoms with Gasteiger partial charge in [-0.05, 0) is 31.5 Å². The van der Waals surface area contributed by atoms with Crippen molar-refractivity contribution < 1.29 is 27.5 Å². The van der Waals surface area contributed by atoms with Crippen LogP contribution < -0.4 is 10.6 Å². The van der Waals surface area contributed by atoms with Crippen molar-refractivity contribution in [3.05, 3.63) is 57.0 Å². The number of hydrogen-bond donors (Lipinski definition) is 1. The minimum Gasteiger partial charge on any atom is -0.465 e. The van der Waals surface area contributed by atoms with Gasteiger partial charge in [0.1, 0.15) is 11.6 Å². The molecule has 1 N–H and O–H groups in total. The molecule has 1 amide bonds. The van der Waals surface area contributed by atoms with Crippen LogP contribution in [0.3, 0.4) is 0 Å². The van der Waals surface area contributed by atoms with Gasteiger partial charge in [-0.2, -0.15) is 18.2 Å². The summed E-state index contributed by atoms with van der Waals surface area (Å²) < 4.78 is 58.1. The van der Waals surface area contributed by atoms with Crippen LogP contribution in [0.1, 0.15) is 30.9 Å². The third-order valence-electron chi connectivity index (χ3n) is 6.96. The number of nitrogens with zero attached hydrogens (tertiary/aromatic N) is 5. The van der Waals surface area contributed by atoms with Crippen molar-refractivity contribution in [2.24, 2.45) is 0 Å². The Morgan fingerprint density at radius 3 is 2.50 bits per heavy atom. The fraction of sp³-hybridized carbons (Fsp3) is 0.417. The van der Waals surface area contributed by atoms with E-state index >= 15 is 0 Å². The molecule has 5 rings (SSSR count). The first-order chi connectivity index (χ1) is 17.9. The predicted octanol–water partition coefficient (Wildman–Crippen LogP) is 5.07. The van der Waals surface area contributed by atoms with Crippen LogP contribution in [-0.4, -0.2) is 61.6 Å². The molecule has 2 aromatic heterocycles. The highest BCUT2D eigenvalue weighted by molar-refractivity contribution is 7.99. The molecular weight excluding hydrogens is 550 g/mol. The highest BCUT2D eigenvalue weighted by Crippen LogP contribution is 2.47. The summed E-state index contributed by atoms with van der Waals surface area (Å²) in [6, 6.07) is 1.36. The van der Waals surface area contributed by atoms with E-state index in [-0.39, 0.29) is 52.6 Å². The van der Waals surface area contributed by atoms with Crippen LogP contribution in [-0.2, 0) is 12.7 Å². The SMILES string of the molecule is C[C@@H]1CN(c2nc(=O)n3c4c(c(Cl)c(C(F)(F)F)cc24)SC[C@H](c2ccncc2F)C3)C[C@H](C)N1C(=O)O. The topological polar surface area (TPSA) is 91.6 Å². The lowest BCUT2D eigenvalue weighted by Crippen LogP contribution is -2.58. The maximum Gasteiger partial charge on any atom is 0.417 e. The number of anilines is 1. The molecule has 4 heterocycles. The number of carboxylic acid groups (broad SMARTS) is 1. The Morgan fingerprint density at radius 1 is 1.21 bits per heavy atom. The van der Waals surface area contributed by atoms with E-state index in [9.17, 15) is 32.3 Å². The lowest BCUT2D eigenvalue weighted by molar-refractivity contribution is -0.137. The lowest BCUT2D eigenvalue weighted by atomic mass is 10.0.